The molecule has 0 saturated heterocycles. The van der Waals surface area contributed by atoms with Gasteiger partial charge in [0, 0.05) is 31.0 Å². The lowest BCUT2D eigenvalue weighted by Gasteiger charge is -1.92. The number of aromatic nitrogens is 2. The van der Waals surface area contributed by atoms with Gasteiger partial charge in [0.15, 0.2) is 6.29 Å². The molecule has 0 unspecified atom stereocenters. The zero-order valence-electron chi connectivity index (χ0n) is 7.55. The number of hydrogen-bond acceptors (Lipinski definition) is 3. The molecule has 14 heavy (non-hydrogen) atoms. The lowest BCUT2D eigenvalue weighted by atomic mass is 10.3. The molecule has 1 N–H and O–H groups in total. The van der Waals surface area contributed by atoms with Gasteiger partial charge in [-0.2, -0.15) is 0 Å². The van der Waals surface area contributed by atoms with Crippen molar-refractivity contribution in [3.8, 4) is 0 Å². The van der Waals surface area contributed by atoms with Gasteiger partial charge in [-0.3, -0.25) is 4.79 Å². The first-order valence-corrected chi connectivity index (χ1v) is 4.37. The van der Waals surface area contributed by atoms with E-state index in [0.29, 0.717) is 12.0 Å². The largest absolute Gasteiger partial charge is 0.396 e. The van der Waals surface area contributed by atoms with Crippen LogP contribution in [0.2, 0.25) is 0 Å². The SMILES string of the molecule is O=Cc1ccc2nc(CCO)cn2c1. The van der Waals surface area contributed by atoms with Crippen LogP contribution in [0.15, 0.2) is 24.5 Å². The summed E-state index contributed by atoms with van der Waals surface area (Å²) in [6.07, 6.45) is 4.87. The number of aliphatic hydroxyl groups excluding tert-OH is 1. The van der Waals surface area contributed by atoms with Crippen LogP contribution < -0.4 is 0 Å². The number of carbonyl (C=O) groups excluding carboxylic acids is 1. The molecule has 0 atom stereocenters. The molecule has 2 heterocycles. The van der Waals surface area contributed by atoms with Gasteiger partial charge in [-0.1, -0.05) is 0 Å². The Hall–Kier alpha value is -1.68. The van der Waals surface area contributed by atoms with Crippen molar-refractivity contribution in [3.05, 3.63) is 35.8 Å². The van der Waals surface area contributed by atoms with Crippen molar-refractivity contribution in [3.63, 3.8) is 0 Å². The van der Waals surface area contributed by atoms with Crippen LogP contribution >= 0.6 is 0 Å². The highest BCUT2D eigenvalue weighted by molar-refractivity contribution is 5.74. The van der Waals surface area contributed by atoms with E-state index in [-0.39, 0.29) is 6.61 Å². The second-order valence-electron chi connectivity index (χ2n) is 3.05. The second kappa shape index (κ2) is 3.59. The Bertz CT molecular complexity index is 462. The molecule has 0 saturated carbocycles. The zero-order chi connectivity index (χ0) is 9.97. The summed E-state index contributed by atoms with van der Waals surface area (Å²) in [5.41, 5.74) is 2.24. The predicted molar refractivity (Wildman–Crippen MR) is 51.4 cm³/mol. The minimum Gasteiger partial charge on any atom is -0.396 e. The van der Waals surface area contributed by atoms with E-state index in [1.54, 1.807) is 22.7 Å². The molecule has 4 nitrogen and oxygen atoms in total. The first kappa shape index (κ1) is 8.90. The molecular formula is C10H10N2O2. The molecule has 0 fully saturated rings. The summed E-state index contributed by atoms with van der Waals surface area (Å²) in [5, 5.41) is 8.74. The standard InChI is InChI=1S/C10H10N2O2/c13-4-3-9-6-12-5-8(7-14)1-2-10(12)11-9/h1-2,5-7,13H,3-4H2. The summed E-state index contributed by atoms with van der Waals surface area (Å²) in [6, 6.07) is 3.50. The van der Waals surface area contributed by atoms with Gasteiger partial charge in [0.1, 0.15) is 5.65 Å². The lowest BCUT2D eigenvalue weighted by molar-refractivity contribution is 0.112. The molecule has 0 amide bonds. The third kappa shape index (κ3) is 1.52. The van der Waals surface area contributed by atoms with E-state index in [2.05, 4.69) is 4.98 Å². The molecular weight excluding hydrogens is 180 g/mol. The van der Waals surface area contributed by atoms with Gasteiger partial charge >= 0.3 is 0 Å². The van der Waals surface area contributed by atoms with Crippen molar-refractivity contribution in [2.45, 2.75) is 6.42 Å². The quantitative estimate of drug-likeness (QED) is 0.724. The molecule has 2 rings (SSSR count). The van der Waals surface area contributed by atoms with Crippen LogP contribution in [0.5, 0.6) is 0 Å². The van der Waals surface area contributed by atoms with Crippen molar-refractivity contribution >= 4 is 11.9 Å². The molecule has 0 aromatic carbocycles. The second-order valence-corrected chi connectivity index (χ2v) is 3.05. The van der Waals surface area contributed by atoms with Crippen LogP contribution in [-0.4, -0.2) is 27.4 Å². The maximum Gasteiger partial charge on any atom is 0.151 e. The van der Waals surface area contributed by atoms with Crippen molar-refractivity contribution in [1.82, 2.24) is 9.38 Å². The highest BCUT2D eigenvalue weighted by Crippen LogP contribution is 2.06. The third-order valence-electron chi connectivity index (χ3n) is 2.03. The molecule has 0 aliphatic carbocycles. The van der Waals surface area contributed by atoms with Gasteiger partial charge in [0.2, 0.25) is 0 Å². The number of carbonyl (C=O) groups is 1. The van der Waals surface area contributed by atoms with Gasteiger partial charge in [0.25, 0.3) is 0 Å². The highest BCUT2D eigenvalue weighted by Gasteiger charge is 2.01. The molecule has 0 bridgehead atoms. The zero-order valence-corrected chi connectivity index (χ0v) is 7.55. The summed E-state index contributed by atoms with van der Waals surface area (Å²) in [6.45, 7) is 0.0877. The first-order valence-electron chi connectivity index (χ1n) is 4.37. The van der Waals surface area contributed by atoms with E-state index in [9.17, 15) is 4.79 Å². The minimum absolute atomic E-state index is 0.0877. The van der Waals surface area contributed by atoms with Gasteiger partial charge in [0.05, 0.1) is 5.69 Å². The third-order valence-corrected chi connectivity index (χ3v) is 2.03. The summed E-state index contributed by atoms with van der Waals surface area (Å²) in [7, 11) is 0. The topological polar surface area (TPSA) is 54.6 Å². The Morgan fingerprint density at radius 2 is 2.29 bits per heavy atom. The van der Waals surface area contributed by atoms with Crippen molar-refractivity contribution < 1.29 is 9.90 Å². The van der Waals surface area contributed by atoms with E-state index in [1.807, 2.05) is 6.20 Å². The molecule has 0 radical (unpaired) electrons. The van der Waals surface area contributed by atoms with Crippen LogP contribution in [0.1, 0.15) is 16.1 Å². The van der Waals surface area contributed by atoms with Crippen LogP contribution in [0.4, 0.5) is 0 Å². The van der Waals surface area contributed by atoms with E-state index < -0.39 is 0 Å². The van der Waals surface area contributed by atoms with E-state index in [0.717, 1.165) is 17.6 Å². The van der Waals surface area contributed by atoms with Gasteiger partial charge in [-0.25, -0.2) is 4.98 Å². The van der Waals surface area contributed by atoms with E-state index >= 15 is 0 Å². The number of aldehydes is 1. The van der Waals surface area contributed by atoms with Crippen LogP contribution in [0.25, 0.3) is 5.65 Å². The van der Waals surface area contributed by atoms with Crippen molar-refractivity contribution in [2.24, 2.45) is 0 Å². The first-order chi connectivity index (χ1) is 6.83. The number of aliphatic hydroxyl groups is 1. The highest BCUT2D eigenvalue weighted by atomic mass is 16.3. The van der Waals surface area contributed by atoms with Crippen molar-refractivity contribution in [2.75, 3.05) is 6.61 Å². The van der Waals surface area contributed by atoms with Gasteiger partial charge < -0.3 is 9.51 Å². The lowest BCUT2D eigenvalue weighted by Crippen LogP contribution is -1.89. The molecule has 4 heteroatoms. The molecule has 0 aliphatic rings. The van der Waals surface area contributed by atoms with Crippen LogP contribution in [0, 0.1) is 0 Å². The number of imidazole rings is 1. The average molecular weight is 190 g/mol. The molecule has 0 spiro atoms. The average Bonchev–Trinajstić information content (AvgIpc) is 2.59. The maximum absolute atomic E-state index is 10.5. The smallest absolute Gasteiger partial charge is 0.151 e. The fraction of sp³-hybridized carbons (Fsp3) is 0.200. The minimum atomic E-state index is 0.0877. The van der Waals surface area contributed by atoms with Crippen molar-refractivity contribution in [1.29, 1.82) is 0 Å². The Kier molecular flexibility index (Phi) is 2.28. The monoisotopic (exact) mass is 190 g/mol. The molecule has 2 aromatic heterocycles. The number of hydrogen-bond donors (Lipinski definition) is 1. The van der Waals surface area contributed by atoms with Gasteiger partial charge in [-0.15, -0.1) is 0 Å². The Morgan fingerprint density at radius 3 is 3.00 bits per heavy atom. The van der Waals surface area contributed by atoms with Gasteiger partial charge in [-0.05, 0) is 12.1 Å². The number of fused-ring (bicyclic) bond motifs is 1. The number of nitrogens with zero attached hydrogens (tertiary/aromatic N) is 2. The fourth-order valence-corrected chi connectivity index (χ4v) is 1.37. The molecule has 72 valence electrons. The maximum atomic E-state index is 10.5. The van der Waals surface area contributed by atoms with Crippen LogP contribution in [0.3, 0.4) is 0 Å². The summed E-state index contributed by atoms with van der Waals surface area (Å²) in [4.78, 5) is 14.8. The Balaban J connectivity index is 2.48. The number of rotatable bonds is 3. The molecule has 2 aromatic rings. The van der Waals surface area contributed by atoms with Crippen LogP contribution in [-0.2, 0) is 6.42 Å². The fourth-order valence-electron chi connectivity index (χ4n) is 1.37. The normalized spacial score (nSPS) is 10.6. The van der Waals surface area contributed by atoms with E-state index in [1.165, 1.54) is 0 Å². The molecule has 0 aliphatic heterocycles. The Morgan fingerprint density at radius 1 is 1.43 bits per heavy atom. The summed E-state index contributed by atoms with van der Waals surface area (Å²) >= 11 is 0. The predicted octanol–water partition coefficient (Wildman–Crippen LogP) is 0.682. The van der Waals surface area contributed by atoms with E-state index in [4.69, 9.17) is 5.11 Å². The summed E-state index contributed by atoms with van der Waals surface area (Å²) in [5.74, 6) is 0. The number of pyridine rings is 1. The summed E-state index contributed by atoms with van der Waals surface area (Å²) < 4.78 is 1.79. The Labute approximate surface area is 80.8 Å².